The number of likely N-dealkylation sites (tertiary alicyclic amines) is 1. The molecular weight excluding hydrogens is 296 g/mol. The van der Waals surface area contributed by atoms with E-state index >= 15 is 0 Å². The number of nitrogens with zero attached hydrogens (tertiary/aromatic N) is 3. The molecule has 0 saturated carbocycles. The van der Waals surface area contributed by atoms with Crippen molar-refractivity contribution >= 4 is 11.8 Å². The van der Waals surface area contributed by atoms with Crippen LogP contribution in [0.15, 0.2) is 12.4 Å². The van der Waals surface area contributed by atoms with Crippen molar-refractivity contribution < 1.29 is 14.3 Å². The van der Waals surface area contributed by atoms with Crippen LogP contribution in [-0.2, 0) is 20.9 Å². The van der Waals surface area contributed by atoms with Crippen LogP contribution in [0.25, 0.3) is 0 Å². The van der Waals surface area contributed by atoms with E-state index in [1.54, 1.807) is 24.2 Å². The van der Waals surface area contributed by atoms with E-state index in [0.717, 1.165) is 30.8 Å². The zero-order chi connectivity index (χ0) is 16.4. The Labute approximate surface area is 135 Å². The highest BCUT2D eigenvalue weighted by atomic mass is 16.5. The topological polar surface area (TPSA) is 84.4 Å². The van der Waals surface area contributed by atoms with Crippen molar-refractivity contribution in [3.8, 4) is 0 Å². The molecule has 2 saturated heterocycles. The summed E-state index contributed by atoms with van der Waals surface area (Å²) in [6, 6.07) is 0. The minimum absolute atomic E-state index is 0.0254. The Balaban J connectivity index is 1.51. The molecule has 0 aromatic carbocycles. The molecule has 1 N–H and O–H groups in total. The number of carbonyl (C=O) groups excluding carboxylic acids is 2. The number of piperidine rings is 1. The highest BCUT2D eigenvalue weighted by Gasteiger charge is 2.42. The van der Waals surface area contributed by atoms with Crippen molar-refractivity contribution in [1.29, 1.82) is 0 Å². The molecule has 3 rings (SSSR count). The van der Waals surface area contributed by atoms with Crippen LogP contribution in [0.2, 0.25) is 0 Å². The van der Waals surface area contributed by atoms with Crippen molar-refractivity contribution in [1.82, 2.24) is 20.2 Å². The van der Waals surface area contributed by atoms with Gasteiger partial charge in [0.15, 0.2) is 0 Å². The third-order valence-corrected chi connectivity index (χ3v) is 4.57. The summed E-state index contributed by atoms with van der Waals surface area (Å²) in [5.74, 6) is 0.314. The largest absolute Gasteiger partial charge is 0.363 e. The van der Waals surface area contributed by atoms with Crippen LogP contribution in [0.1, 0.15) is 31.2 Å². The van der Waals surface area contributed by atoms with E-state index in [-0.39, 0.29) is 17.9 Å². The van der Waals surface area contributed by atoms with Gasteiger partial charge in [0, 0.05) is 26.2 Å². The minimum Gasteiger partial charge on any atom is -0.363 e. The average Bonchev–Trinajstić information content (AvgIpc) is 2.97. The zero-order valence-electron chi connectivity index (χ0n) is 13.5. The Kier molecular flexibility index (Phi) is 4.56. The number of ether oxygens (including phenoxy) is 1. The molecule has 2 fully saturated rings. The maximum absolute atomic E-state index is 12.3. The first-order valence-electron chi connectivity index (χ1n) is 7.99. The summed E-state index contributed by atoms with van der Waals surface area (Å²) in [5, 5.41) is 2.86. The maximum Gasteiger partial charge on any atom is 0.249 e. The molecule has 0 spiro atoms. The predicted molar refractivity (Wildman–Crippen MR) is 82.3 cm³/mol. The molecule has 7 nitrogen and oxygen atoms in total. The van der Waals surface area contributed by atoms with Crippen LogP contribution in [0, 0.1) is 12.8 Å². The van der Waals surface area contributed by atoms with Crippen LogP contribution >= 0.6 is 0 Å². The van der Waals surface area contributed by atoms with Gasteiger partial charge in [0.05, 0.1) is 30.2 Å². The lowest BCUT2D eigenvalue weighted by atomic mass is 9.91. The monoisotopic (exact) mass is 318 g/mol. The predicted octanol–water partition coefficient (Wildman–Crippen LogP) is 0.427. The summed E-state index contributed by atoms with van der Waals surface area (Å²) >= 11 is 0. The molecule has 3 heterocycles. The van der Waals surface area contributed by atoms with Crippen LogP contribution < -0.4 is 5.32 Å². The first-order chi connectivity index (χ1) is 11.0. The van der Waals surface area contributed by atoms with E-state index in [1.807, 2.05) is 6.92 Å². The molecule has 0 bridgehead atoms. The summed E-state index contributed by atoms with van der Waals surface area (Å²) in [7, 11) is 0. The first kappa shape index (κ1) is 15.9. The summed E-state index contributed by atoms with van der Waals surface area (Å²) in [6.07, 6.45) is 4.51. The summed E-state index contributed by atoms with van der Waals surface area (Å²) in [6.45, 7) is 5.14. The molecule has 2 aliphatic heterocycles. The van der Waals surface area contributed by atoms with Crippen molar-refractivity contribution in [2.45, 2.75) is 45.4 Å². The Hall–Kier alpha value is -2.02. The SMILES string of the molecule is CC(=O)N1CC[C@H]2C[C@H](C(=O)NCc3cnc(C)cn3)O[C@@H]2C1. The van der Waals surface area contributed by atoms with Gasteiger partial charge in [0.1, 0.15) is 6.10 Å². The molecule has 1 aromatic heterocycles. The lowest BCUT2D eigenvalue weighted by Crippen LogP contribution is -2.44. The molecule has 7 heteroatoms. The maximum atomic E-state index is 12.3. The van der Waals surface area contributed by atoms with Gasteiger partial charge in [0.25, 0.3) is 0 Å². The number of amides is 2. The molecule has 2 amide bonds. The van der Waals surface area contributed by atoms with Gasteiger partial charge in [-0.1, -0.05) is 0 Å². The van der Waals surface area contributed by atoms with Gasteiger partial charge < -0.3 is 15.0 Å². The molecule has 3 atom stereocenters. The molecule has 0 radical (unpaired) electrons. The Morgan fingerprint density at radius 2 is 2.22 bits per heavy atom. The van der Waals surface area contributed by atoms with Gasteiger partial charge in [-0.25, -0.2) is 0 Å². The molecular formula is C16H22N4O3. The van der Waals surface area contributed by atoms with Crippen LogP contribution in [0.5, 0.6) is 0 Å². The van der Waals surface area contributed by atoms with Crippen LogP contribution in [0.4, 0.5) is 0 Å². The smallest absolute Gasteiger partial charge is 0.249 e. The lowest BCUT2D eigenvalue weighted by Gasteiger charge is -2.33. The molecule has 23 heavy (non-hydrogen) atoms. The molecule has 1 aromatic rings. The second kappa shape index (κ2) is 6.62. The van der Waals surface area contributed by atoms with Gasteiger partial charge in [-0.3, -0.25) is 19.6 Å². The highest BCUT2D eigenvalue weighted by molar-refractivity contribution is 5.81. The number of aromatic nitrogens is 2. The van der Waals surface area contributed by atoms with E-state index in [1.165, 1.54) is 0 Å². The molecule has 124 valence electrons. The zero-order valence-corrected chi connectivity index (χ0v) is 13.5. The van der Waals surface area contributed by atoms with Crippen molar-refractivity contribution in [2.24, 2.45) is 5.92 Å². The number of fused-ring (bicyclic) bond motifs is 1. The van der Waals surface area contributed by atoms with Crippen molar-refractivity contribution in [2.75, 3.05) is 13.1 Å². The average molecular weight is 318 g/mol. The second-order valence-corrected chi connectivity index (χ2v) is 6.28. The second-order valence-electron chi connectivity index (χ2n) is 6.28. The Morgan fingerprint density at radius 1 is 1.39 bits per heavy atom. The Morgan fingerprint density at radius 3 is 2.91 bits per heavy atom. The van der Waals surface area contributed by atoms with Gasteiger partial charge in [0.2, 0.25) is 11.8 Å². The van der Waals surface area contributed by atoms with Gasteiger partial charge in [-0.2, -0.15) is 0 Å². The normalized spacial score (nSPS) is 26.7. The van der Waals surface area contributed by atoms with E-state index in [2.05, 4.69) is 15.3 Å². The first-order valence-corrected chi connectivity index (χ1v) is 7.99. The summed E-state index contributed by atoms with van der Waals surface area (Å²) in [4.78, 5) is 33.9. The third-order valence-electron chi connectivity index (χ3n) is 4.57. The number of carbonyl (C=O) groups is 2. The molecule has 0 aliphatic carbocycles. The van der Waals surface area contributed by atoms with E-state index in [0.29, 0.717) is 19.0 Å². The standard InChI is InChI=1S/C16H22N4O3/c1-10-6-18-13(7-17-10)8-19-16(22)14-5-12-3-4-20(11(2)21)9-15(12)23-14/h6-7,12,14-15H,3-5,8-9H2,1-2H3,(H,19,22)/t12-,14+,15+/m0/s1. The van der Waals surface area contributed by atoms with E-state index in [9.17, 15) is 9.59 Å². The van der Waals surface area contributed by atoms with Gasteiger partial charge >= 0.3 is 0 Å². The minimum atomic E-state index is -0.435. The summed E-state index contributed by atoms with van der Waals surface area (Å²) < 4.78 is 5.87. The molecule has 2 aliphatic rings. The van der Waals surface area contributed by atoms with E-state index < -0.39 is 6.10 Å². The van der Waals surface area contributed by atoms with Crippen LogP contribution in [-0.4, -0.2) is 52.0 Å². The molecule has 0 unspecified atom stereocenters. The fourth-order valence-corrected chi connectivity index (χ4v) is 3.19. The summed E-state index contributed by atoms with van der Waals surface area (Å²) in [5.41, 5.74) is 1.57. The third kappa shape index (κ3) is 3.67. The quantitative estimate of drug-likeness (QED) is 0.873. The fraction of sp³-hybridized carbons (Fsp3) is 0.625. The fourth-order valence-electron chi connectivity index (χ4n) is 3.19. The number of rotatable bonds is 3. The lowest BCUT2D eigenvalue weighted by molar-refractivity contribution is -0.136. The van der Waals surface area contributed by atoms with E-state index in [4.69, 9.17) is 4.74 Å². The number of hydrogen-bond donors (Lipinski definition) is 1. The number of nitrogens with one attached hydrogen (secondary N) is 1. The van der Waals surface area contributed by atoms with Gasteiger partial charge in [-0.15, -0.1) is 0 Å². The van der Waals surface area contributed by atoms with Crippen molar-refractivity contribution in [3.05, 3.63) is 23.8 Å². The number of aryl methyl sites for hydroxylation is 1. The highest BCUT2D eigenvalue weighted by Crippen LogP contribution is 2.33. The van der Waals surface area contributed by atoms with Crippen LogP contribution in [0.3, 0.4) is 0 Å². The van der Waals surface area contributed by atoms with Gasteiger partial charge in [-0.05, 0) is 25.7 Å². The Bertz CT molecular complexity index is 589. The van der Waals surface area contributed by atoms with Crippen molar-refractivity contribution in [3.63, 3.8) is 0 Å². The number of hydrogen-bond acceptors (Lipinski definition) is 5.